The smallest absolute Gasteiger partial charge is 0.167 e. The van der Waals surface area contributed by atoms with Crippen molar-refractivity contribution in [2.24, 2.45) is 0 Å². The molecular weight excluding hydrogens is 192 g/mol. The predicted octanol–water partition coefficient (Wildman–Crippen LogP) is 1.38. The van der Waals surface area contributed by atoms with Crippen molar-refractivity contribution in [2.75, 3.05) is 25.6 Å². The van der Waals surface area contributed by atoms with E-state index < -0.39 is 11.6 Å². The molecule has 0 spiro atoms. The van der Waals surface area contributed by atoms with Gasteiger partial charge in [-0.2, -0.15) is 0 Å². The molecule has 5 heteroatoms. The van der Waals surface area contributed by atoms with Gasteiger partial charge in [0.25, 0.3) is 0 Å². The van der Waals surface area contributed by atoms with Crippen molar-refractivity contribution in [2.45, 2.75) is 0 Å². The van der Waals surface area contributed by atoms with Crippen molar-refractivity contribution < 1.29 is 18.6 Å². The molecule has 0 aliphatic heterocycles. The Balaban J connectivity index is 2.90. The summed E-state index contributed by atoms with van der Waals surface area (Å²) < 4.78 is 30.8. The molecule has 0 aliphatic carbocycles. The van der Waals surface area contributed by atoms with Crippen molar-refractivity contribution >= 4 is 5.69 Å². The van der Waals surface area contributed by atoms with Crippen LogP contribution in [0.5, 0.6) is 5.75 Å². The number of methoxy groups -OCH3 is 1. The molecule has 0 heterocycles. The number of aliphatic hydroxyl groups excluding tert-OH is 1. The van der Waals surface area contributed by atoms with E-state index in [1.54, 1.807) is 0 Å². The van der Waals surface area contributed by atoms with Crippen LogP contribution >= 0.6 is 0 Å². The fourth-order valence-corrected chi connectivity index (χ4v) is 1.01. The van der Waals surface area contributed by atoms with Crippen LogP contribution in [0.4, 0.5) is 14.5 Å². The van der Waals surface area contributed by atoms with Crippen LogP contribution in [0.3, 0.4) is 0 Å². The van der Waals surface area contributed by atoms with Crippen molar-refractivity contribution in [3.63, 3.8) is 0 Å². The Hall–Kier alpha value is -1.36. The van der Waals surface area contributed by atoms with Crippen LogP contribution in [0.1, 0.15) is 0 Å². The highest BCUT2D eigenvalue weighted by Gasteiger charge is 2.09. The fraction of sp³-hybridized carbons (Fsp3) is 0.333. The van der Waals surface area contributed by atoms with Gasteiger partial charge in [0.2, 0.25) is 0 Å². The van der Waals surface area contributed by atoms with Crippen molar-refractivity contribution in [1.29, 1.82) is 0 Å². The van der Waals surface area contributed by atoms with Crippen molar-refractivity contribution in [3.05, 3.63) is 23.8 Å². The van der Waals surface area contributed by atoms with E-state index in [1.165, 1.54) is 7.11 Å². The molecule has 14 heavy (non-hydrogen) atoms. The summed E-state index contributed by atoms with van der Waals surface area (Å²) in [6, 6.07) is 1.94. The van der Waals surface area contributed by atoms with Crippen molar-refractivity contribution in [1.82, 2.24) is 0 Å². The Labute approximate surface area is 80.3 Å². The van der Waals surface area contributed by atoms with Crippen LogP contribution in [0.2, 0.25) is 0 Å². The zero-order valence-corrected chi connectivity index (χ0v) is 7.68. The first-order valence-corrected chi connectivity index (χ1v) is 4.06. The number of hydrogen-bond acceptors (Lipinski definition) is 3. The quantitative estimate of drug-likeness (QED) is 0.776. The lowest BCUT2D eigenvalue weighted by atomic mass is 10.2. The Kier molecular flexibility index (Phi) is 3.64. The highest BCUT2D eigenvalue weighted by Crippen LogP contribution is 2.24. The number of nitrogens with one attached hydrogen (secondary N) is 1. The summed E-state index contributed by atoms with van der Waals surface area (Å²) in [4.78, 5) is 0. The van der Waals surface area contributed by atoms with E-state index >= 15 is 0 Å². The molecule has 0 aromatic heterocycles. The maximum Gasteiger partial charge on any atom is 0.167 e. The van der Waals surface area contributed by atoms with E-state index in [9.17, 15) is 8.78 Å². The van der Waals surface area contributed by atoms with Gasteiger partial charge in [0.05, 0.1) is 19.4 Å². The van der Waals surface area contributed by atoms with Gasteiger partial charge in [-0.05, 0) is 0 Å². The molecule has 1 rings (SSSR count). The summed E-state index contributed by atoms with van der Waals surface area (Å²) in [5.74, 6) is -1.40. The second kappa shape index (κ2) is 4.76. The van der Waals surface area contributed by atoms with Gasteiger partial charge < -0.3 is 15.2 Å². The largest absolute Gasteiger partial charge is 0.494 e. The highest BCUT2D eigenvalue weighted by molar-refractivity contribution is 5.48. The average molecular weight is 203 g/mol. The van der Waals surface area contributed by atoms with Crippen LogP contribution in [0.25, 0.3) is 0 Å². The molecule has 0 unspecified atom stereocenters. The molecule has 0 radical (unpaired) electrons. The third-order valence-electron chi connectivity index (χ3n) is 1.67. The normalized spacial score (nSPS) is 10.0. The Morgan fingerprint density at radius 3 is 2.64 bits per heavy atom. The molecule has 0 atom stereocenters. The Bertz CT molecular complexity index is 318. The van der Waals surface area contributed by atoms with Gasteiger partial charge in [-0.1, -0.05) is 0 Å². The monoisotopic (exact) mass is 203 g/mol. The van der Waals surface area contributed by atoms with Crippen LogP contribution in [0, 0.1) is 11.6 Å². The zero-order chi connectivity index (χ0) is 10.6. The molecule has 0 saturated carbocycles. The van der Waals surface area contributed by atoms with Gasteiger partial charge >= 0.3 is 0 Å². The van der Waals surface area contributed by atoms with Gasteiger partial charge in [0, 0.05) is 18.7 Å². The van der Waals surface area contributed by atoms with E-state index in [0.29, 0.717) is 0 Å². The molecule has 0 bridgehead atoms. The van der Waals surface area contributed by atoms with Crippen molar-refractivity contribution in [3.8, 4) is 5.75 Å². The summed E-state index contributed by atoms with van der Waals surface area (Å²) in [6.07, 6.45) is 0. The van der Waals surface area contributed by atoms with E-state index in [1.807, 2.05) is 0 Å². The lowest BCUT2D eigenvalue weighted by Gasteiger charge is -2.08. The number of halogens is 2. The minimum atomic E-state index is -0.644. The van der Waals surface area contributed by atoms with Crippen LogP contribution in [-0.2, 0) is 0 Å². The summed E-state index contributed by atoms with van der Waals surface area (Å²) in [5, 5.41) is 11.0. The van der Waals surface area contributed by atoms with Crippen LogP contribution in [0.15, 0.2) is 12.1 Å². The van der Waals surface area contributed by atoms with E-state index in [-0.39, 0.29) is 24.6 Å². The first-order chi connectivity index (χ1) is 6.69. The summed E-state index contributed by atoms with van der Waals surface area (Å²) in [6.45, 7) is 0.0236. The topological polar surface area (TPSA) is 41.5 Å². The number of hydrogen-bond donors (Lipinski definition) is 2. The standard InChI is InChI=1S/C9H11F2NO2/c1-14-9-5-6(10)8(4-7(9)11)12-2-3-13/h4-5,12-13H,2-3H2,1H3. The number of benzene rings is 1. The lowest BCUT2D eigenvalue weighted by Crippen LogP contribution is -2.07. The molecule has 0 aliphatic rings. The van der Waals surface area contributed by atoms with Gasteiger partial charge in [-0.25, -0.2) is 8.78 Å². The summed E-state index contributed by atoms with van der Waals surface area (Å²) in [5.41, 5.74) is 0.0114. The molecule has 0 fully saturated rings. The number of ether oxygens (including phenoxy) is 1. The fourth-order valence-electron chi connectivity index (χ4n) is 1.01. The highest BCUT2D eigenvalue weighted by atomic mass is 19.1. The molecule has 3 nitrogen and oxygen atoms in total. The van der Waals surface area contributed by atoms with E-state index in [4.69, 9.17) is 5.11 Å². The van der Waals surface area contributed by atoms with Gasteiger partial charge in [0.1, 0.15) is 5.82 Å². The molecule has 2 N–H and O–H groups in total. The number of aliphatic hydroxyl groups is 1. The summed E-state index contributed by atoms with van der Waals surface area (Å²) >= 11 is 0. The minimum absolute atomic E-state index is 0.0114. The SMILES string of the molecule is COc1cc(F)c(NCCO)cc1F. The molecular formula is C9H11F2NO2. The number of rotatable bonds is 4. The van der Waals surface area contributed by atoms with Gasteiger partial charge in [0.15, 0.2) is 11.6 Å². The van der Waals surface area contributed by atoms with Gasteiger partial charge in [-0.3, -0.25) is 0 Å². The Morgan fingerprint density at radius 1 is 1.36 bits per heavy atom. The maximum absolute atomic E-state index is 13.1. The summed E-state index contributed by atoms with van der Waals surface area (Å²) in [7, 11) is 1.26. The maximum atomic E-state index is 13.1. The second-order valence-electron chi connectivity index (χ2n) is 2.62. The van der Waals surface area contributed by atoms with E-state index in [2.05, 4.69) is 10.1 Å². The molecule has 1 aromatic rings. The molecule has 0 amide bonds. The first kappa shape index (κ1) is 10.7. The zero-order valence-electron chi connectivity index (χ0n) is 7.68. The molecule has 1 aromatic carbocycles. The second-order valence-corrected chi connectivity index (χ2v) is 2.62. The third-order valence-corrected chi connectivity index (χ3v) is 1.67. The van der Waals surface area contributed by atoms with Gasteiger partial charge in [-0.15, -0.1) is 0 Å². The number of anilines is 1. The third kappa shape index (κ3) is 2.32. The minimum Gasteiger partial charge on any atom is -0.494 e. The van der Waals surface area contributed by atoms with Crippen LogP contribution in [-0.4, -0.2) is 25.4 Å². The molecule has 78 valence electrons. The lowest BCUT2D eigenvalue weighted by molar-refractivity contribution is 0.311. The average Bonchev–Trinajstić information content (AvgIpc) is 2.18. The first-order valence-electron chi connectivity index (χ1n) is 4.06. The predicted molar refractivity (Wildman–Crippen MR) is 48.5 cm³/mol. The van der Waals surface area contributed by atoms with Crippen LogP contribution < -0.4 is 10.1 Å². The Morgan fingerprint density at radius 2 is 2.07 bits per heavy atom. The molecule has 0 saturated heterocycles. The van der Waals surface area contributed by atoms with E-state index in [0.717, 1.165) is 12.1 Å².